The van der Waals surface area contributed by atoms with E-state index in [1.54, 1.807) is 19.1 Å². The summed E-state index contributed by atoms with van der Waals surface area (Å²) >= 11 is 0. The van der Waals surface area contributed by atoms with Crippen molar-refractivity contribution in [2.75, 3.05) is 0 Å². The summed E-state index contributed by atoms with van der Waals surface area (Å²) in [4.78, 5) is 25.5. The summed E-state index contributed by atoms with van der Waals surface area (Å²) < 4.78 is 5.75. The van der Waals surface area contributed by atoms with Gasteiger partial charge in [0, 0.05) is 12.0 Å². The number of esters is 1. The normalized spacial score (nSPS) is 48.6. The third kappa shape index (κ3) is 2.91. The molecular formula is C28H38O5. The fourth-order valence-corrected chi connectivity index (χ4v) is 8.47. The molecule has 0 aromatic carbocycles. The molecule has 9 unspecified atom stereocenters. The van der Waals surface area contributed by atoms with Crippen LogP contribution >= 0.6 is 0 Å². The van der Waals surface area contributed by atoms with Gasteiger partial charge in [-0.3, -0.25) is 4.79 Å². The first kappa shape index (κ1) is 23.0. The monoisotopic (exact) mass is 454 g/mol. The number of aliphatic hydroxyl groups is 2. The highest BCUT2D eigenvalue weighted by Crippen LogP contribution is 2.67. The Balaban J connectivity index is 1.46. The lowest BCUT2D eigenvalue weighted by atomic mass is 9.45. The highest BCUT2D eigenvalue weighted by atomic mass is 16.6. The number of ketones is 1. The molecule has 5 heteroatoms. The van der Waals surface area contributed by atoms with Crippen LogP contribution < -0.4 is 0 Å². The van der Waals surface area contributed by atoms with Gasteiger partial charge in [-0.05, 0) is 95.0 Å². The predicted molar refractivity (Wildman–Crippen MR) is 125 cm³/mol. The Hall–Kier alpha value is -1.72. The van der Waals surface area contributed by atoms with Crippen molar-refractivity contribution in [3.8, 4) is 0 Å². The Morgan fingerprint density at radius 1 is 1.12 bits per heavy atom. The Kier molecular flexibility index (Phi) is 4.99. The molecule has 0 amide bonds. The van der Waals surface area contributed by atoms with Crippen LogP contribution in [-0.4, -0.2) is 39.3 Å². The first-order valence-electron chi connectivity index (χ1n) is 12.6. The first-order valence-corrected chi connectivity index (χ1v) is 12.6. The van der Waals surface area contributed by atoms with Crippen LogP contribution in [0.25, 0.3) is 0 Å². The van der Waals surface area contributed by atoms with Gasteiger partial charge in [-0.1, -0.05) is 30.7 Å². The topological polar surface area (TPSA) is 83.8 Å². The van der Waals surface area contributed by atoms with Gasteiger partial charge in [-0.2, -0.15) is 0 Å². The average molecular weight is 455 g/mol. The Labute approximate surface area is 197 Å². The van der Waals surface area contributed by atoms with Crippen molar-refractivity contribution in [3.05, 3.63) is 35.5 Å². The molecule has 0 spiro atoms. The maximum atomic E-state index is 13.1. The Morgan fingerprint density at radius 3 is 2.55 bits per heavy atom. The van der Waals surface area contributed by atoms with E-state index < -0.39 is 22.7 Å². The van der Waals surface area contributed by atoms with Crippen LogP contribution in [0.1, 0.15) is 73.1 Å². The molecule has 0 aromatic heterocycles. The molecular weight excluding hydrogens is 416 g/mol. The van der Waals surface area contributed by atoms with E-state index in [4.69, 9.17) is 4.74 Å². The van der Waals surface area contributed by atoms with Gasteiger partial charge in [-0.15, -0.1) is 0 Å². The van der Waals surface area contributed by atoms with E-state index in [-0.39, 0.29) is 34.9 Å². The summed E-state index contributed by atoms with van der Waals surface area (Å²) in [7, 11) is 0. The number of allylic oxidation sites excluding steroid dienone is 2. The first-order chi connectivity index (χ1) is 15.4. The maximum Gasteiger partial charge on any atom is 0.334 e. The molecule has 0 bridgehead atoms. The van der Waals surface area contributed by atoms with Crippen LogP contribution in [0.2, 0.25) is 0 Å². The molecule has 4 aliphatic carbocycles. The number of carbonyl (C=O) groups is 2. The highest BCUT2D eigenvalue weighted by Gasteiger charge is 2.66. The molecule has 0 saturated heterocycles. The van der Waals surface area contributed by atoms with Crippen molar-refractivity contribution in [1.82, 2.24) is 0 Å². The third-order valence-corrected chi connectivity index (χ3v) is 10.8. The molecule has 2 saturated carbocycles. The molecule has 2 fully saturated rings. The van der Waals surface area contributed by atoms with E-state index in [1.165, 1.54) is 0 Å². The van der Waals surface area contributed by atoms with Crippen LogP contribution in [0.15, 0.2) is 35.5 Å². The molecule has 1 heterocycles. The second kappa shape index (κ2) is 7.14. The van der Waals surface area contributed by atoms with E-state index in [0.717, 1.165) is 31.3 Å². The van der Waals surface area contributed by atoms with Gasteiger partial charge >= 0.3 is 5.97 Å². The van der Waals surface area contributed by atoms with Crippen molar-refractivity contribution in [3.63, 3.8) is 0 Å². The van der Waals surface area contributed by atoms with Crippen molar-refractivity contribution in [1.29, 1.82) is 0 Å². The summed E-state index contributed by atoms with van der Waals surface area (Å²) in [6.07, 6.45) is 11.6. The van der Waals surface area contributed by atoms with Crippen molar-refractivity contribution >= 4 is 11.8 Å². The summed E-state index contributed by atoms with van der Waals surface area (Å²) in [5.41, 5.74) is -1.52. The van der Waals surface area contributed by atoms with E-state index in [0.29, 0.717) is 24.3 Å². The van der Waals surface area contributed by atoms with E-state index in [1.807, 2.05) is 26.8 Å². The zero-order valence-corrected chi connectivity index (χ0v) is 20.6. The largest absolute Gasteiger partial charge is 0.456 e. The molecule has 0 radical (unpaired) electrons. The van der Waals surface area contributed by atoms with E-state index in [2.05, 4.69) is 13.0 Å². The molecule has 5 aliphatic rings. The Bertz CT molecular complexity index is 988. The SMILES string of the molecule is CC1=C(C)C(=O)OC(C(C)(O)C2CCC3C4C=CC5(O)CC=CC(=O)C5(C)C4CCC32C)C1. The van der Waals surface area contributed by atoms with Gasteiger partial charge in [0.2, 0.25) is 0 Å². The van der Waals surface area contributed by atoms with Gasteiger partial charge < -0.3 is 14.9 Å². The third-order valence-electron chi connectivity index (χ3n) is 10.8. The minimum atomic E-state index is -1.12. The van der Waals surface area contributed by atoms with Crippen LogP contribution in [0.5, 0.6) is 0 Å². The van der Waals surface area contributed by atoms with Crippen molar-refractivity contribution in [2.45, 2.75) is 90.4 Å². The molecule has 180 valence electrons. The van der Waals surface area contributed by atoms with Crippen LogP contribution in [-0.2, 0) is 14.3 Å². The zero-order chi connectivity index (χ0) is 24.0. The molecule has 2 N–H and O–H groups in total. The quantitative estimate of drug-likeness (QED) is 0.481. The standard InChI is InChI=1S/C28H38O5/c1-16-15-23(33-24(30)17(16)2)27(5,31)21-9-8-19-18-10-14-28(32)12-6-7-22(29)26(28,4)20(18)11-13-25(19,21)3/h6-7,10,14,18-21,23,31-32H,8-9,11-13,15H2,1-5H3. The fourth-order valence-electron chi connectivity index (χ4n) is 8.47. The number of hydrogen-bond acceptors (Lipinski definition) is 5. The van der Waals surface area contributed by atoms with E-state index in [9.17, 15) is 19.8 Å². The van der Waals surface area contributed by atoms with Gasteiger partial charge in [-0.25, -0.2) is 4.79 Å². The number of carbonyl (C=O) groups excluding carboxylic acids is 2. The minimum Gasteiger partial charge on any atom is -0.456 e. The maximum absolute atomic E-state index is 13.1. The molecule has 5 rings (SSSR count). The predicted octanol–water partition coefficient (Wildman–Crippen LogP) is 4.28. The number of rotatable bonds is 2. The van der Waals surface area contributed by atoms with Crippen molar-refractivity contribution < 1.29 is 24.5 Å². The van der Waals surface area contributed by atoms with Gasteiger partial charge in [0.1, 0.15) is 11.7 Å². The van der Waals surface area contributed by atoms with Gasteiger partial charge in [0.25, 0.3) is 0 Å². The van der Waals surface area contributed by atoms with Gasteiger partial charge in [0.15, 0.2) is 5.78 Å². The number of fused-ring (bicyclic) bond motifs is 5. The molecule has 33 heavy (non-hydrogen) atoms. The lowest BCUT2D eigenvalue weighted by molar-refractivity contribution is -0.184. The van der Waals surface area contributed by atoms with Crippen LogP contribution in [0, 0.1) is 34.5 Å². The Morgan fingerprint density at radius 2 is 1.85 bits per heavy atom. The van der Waals surface area contributed by atoms with Crippen molar-refractivity contribution in [2.24, 2.45) is 34.5 Å². The number of ether oxygens (including phenoxy) is 1. The van der Waals surface area contributed by atoms with E-state index >= 15 is 0 Å². The van der Waals surface area contributed by atoms with Crippen LogP contribution in [0.4, 0.5) is 0 Å². The summed E-state index contributed by atoms with van der Waals surface area (Å²) in [6, 6.07) is 0. The number of cyclic esters (lactones) is 1. The fraction of sp³-hybridized carbons (Fsp3) is 0.714. The van der Waals surface area contributed by atoms with Crippen LogP contribution in [0.3, 0.4) is 0 Å². The molecule has 9 atom stereocenters. The minimum absolute atomic E-state index is 0.00363. The lowest BCUT2D eigenvalue weighted by Crippen LogP contribution is -2.62. The summed E-state index contributed by atoms with van der Waals surface area (Å²) in [6.45, 7) is 9.85. The number of hydrogen-bond donors (Lipinski definition) is 2. The second-order valence-corrected chi connectivity index (χ2v) is 12.2. The summed E-state index contributed by atoms with van der Waals surface area (Å²) in [5.74, 6) is 0.326. The second-order valence-electron chi connectivity index (χ2n) is 12.2. The lowest BCUT2D eigenvalue weighted by Gasteiger charge is -2.60. The summed E-state index contributed by atoms with van der Waals surface area (Å²) in [5, 5.41) is 23.3. The molecule has 1 aliphatic heterocycles. The molecule has 5 nitrogen and oxygen atoms in total. The smallest absolute Gasteiger partial charge is 0.334 e. The highest BCUT2D eigenvalue weighted by molar-refractivity contribution is 5.97. The van der Waals surface area contributed by atoms with Gasteiger partial charge in [0.05, 0.1) is 11.0 Å². The zero-order valence-electron chi connectivity index (χ0n) is 20.6. The average Bonchev–Trinajstić information content (AvgIpc) is 3.11. The molecule has 0 aromatic rings.